The largest absolute Gasteiger partial charge is 0.465 e. The Bertz CT molecular complexity index is 1120. The first-order valence-corrected chi connectivity index (χ1v) is 11.4. The van der Waals surface area contributed by atoms with Gasteiger partial charge in [-0.2, -0.15) is 0 Å². The second-order valence-corrected chi connectivity index (χ2v) is 10.4. The Labute approximate surface area is 182 Å². The summed E-state index contributed by atoms with van der Waals surface area (Å²) in [5, 5.41) is 9.66. The van der Waals surface area contributed by atoms with E-state index in [2.05, 4.69) is 4.72 Å². The Balaban J connectivity index is 2.01. The minimum atomic E-state index is -3.65. The van der Waals surface area contributed by atoms with Crippen molar-refractivity contribution < 1.29 is 23.1 Å². The summed E-state index contributed by atoms with van der Waals surface area (Å²) in [6.07, 6.45) is -1.09. The summed E-state index contributed by atoms with van der Waals surface area (Å²) in [5.74, 6) is -0.160. The maximum absolute atomic E-state index is 12.5. The van der Waals surface area contributed by atoms with Crippen molar-refractivity contribution >= 4 is 33.4 Å². The van der Waals surface area contributed by atoms with Gasteiger partial charge < -0.3 is 10.0 Å². The van der Waals surface area contributed by atoms with Gasteiger partial charge >= 0.3 is 6.09 Å². The molecule has 1 aliphatic heterocycles. The van der Waals surface area contributed by atoms with Crippen LogP contribution in [-0.4, -0.2) is 43.7 Å². The smallest absolute Gasteiger partial charge is 0.411 e. The van der Waals surface area contributed by atoms with Gasteiger partial charge in [-0.05, 0) is 63.1 Å². The van der Waals surface area contributed by atoms with Gasteiger partial charge in [-0.25, -0.2) is 17.9 Å². The van der Waals surface area contributed by atoms with Crippen LogP contribution < -0.4 is 14.5 Å². The third-order valence-corrected chi connectivity index (χ3v) is 6.70. The zero-order chi connectivity index (χ0) is 23.1. The molecule has 0 aliphatic carbocycles. The Morgan fingerprint density at radius 1 is 1.03 bits per heavy atom. The van der Waals surface area contributed by atoms with Crippen molar-refractivity contribution in [3.8, 4) is 11.1 Å². The number of hydrogen-bond donors (Lipinski definition) is 2. The van der Waals surface area contributed by atoms with Crippen LogP contribution in [0.15, 0.2) is 47.4 Å². The van der Waals surface area contributed by atoms with Crippen molar-refractivity contribution in [1.29, 1.82) is 0 Å². The number of carbonyl (C=O) groups is 2. The number of nitrogens with zero attached hydrogens (tertiary/aromatic N) is 2. The maximum Gasteiger partial charge on any atom is 0.411 e. The lowest BCUT2D eigenvalue weighted by molar-refractivity contribution is -0.117. The molecule has 0 fully saturated rings. The van der Waals surface area contributed by atoms with Crippen molar-refractivity contribution in [2.45, 2.75) is 51.1 Å². The molecule has 1 atom stereocenters. The SMILES string of the molecule is CC(=O)N1c2ccc(-c3ccc(S(=O)(=O)NC(C)(C)C)cc3)cc2N(C(=O)O)C[C@@H]1C. The molecule has 166 valence electrons. The van der Waals surface area contributed by atoms with Crippen molar-refractivity contribution in [2.24, 2.45) is 0 Å². The van der Waals surface area contributed by atoms with E-state index in [1.54, 1.807) is 62.9 Å². The summed E-state index contributed by atoms with van der Waals surface area (Å²) in [4.78, 5) is 26.9. The number of nitrogens with one attached hydrogen (secondary N) is 1. The van der Waals surface area contributed by atoms with Gasteiger partial charge in [-0.15, -0.1) is 0 Å². The summed E-state index contributed by atoms with van der Waals surface area (Å²) in [6.45, 7) is 8.73. The molecular weight excluding hydrogens is 418 g/mol. The molecule has 0 saturated carbocycles. The molecule has 0 spiro atoms. The van der Waals surface area contributed by atoms with Crippen LogP contribution in [0.5, 0.6) is 0 Å². The minimum absolute atomic E-state index is 0.146. The van der Waals surface area contributed by atoms with Crippen LogP contribution in [0.1, 0.15) is 34.6 Å². The van der Waals surface area contributed by atoms with Crippen molar-refractivity contribution in [1.82, 2.24) is 4.72 Å². The molecule has 0 saturated heterocycles. The van der Waals surface area contributed by atoms with Crippen molar-refractivity contribution in [2.75, 3.05) is 16.3 Å². The number of carboxylic acid groups (broad SMARTS) is 1. The number of amides is 2. The summed E-state index contributed by atoms with van der Waals surface area (Å²) in [6, 6.07) is 11.3. The number of rotatable bonds is 3. The molecule has 0 bridgehead atoms. The summed E-state index contributed by atoms with van der Waals surface area (Å²) in [5.41, 5.74) is 1.80. The first-order chi connectivity index (χ1) is 14.3. The molecule has 0 unspecified atom stereocenters. The molecule has 2 aromatic carbocycles. The normalized spacial score (nSPS) is 16.7. The topological polar surface area (TPSA) is 107 Å². The second kappa shape index (κ2) is 7.97. The van der Waals surface area contributed by atoms with Crippen LogP contribution in [0.3, 0.4) is 0 Å². The van der Waals surface area contributed by atoms with Gasteiger partial charge in [0.15, 0.2) is 0 Å². The van der Waals surface area contributed by atoms with Crippen molar-refractivity contribution in [3.63, 3.8) is 0 Å². The van der Waals surface area contributed by atoms with E-state index in [1.807, 2.05) is 0 Å². The van der Waals surface area contributed by atoms with Gasteiger partial charge in [0.25, 0.3) is 0 Å². The number of hydrogen-bond acceptors (Lipinski definition) is 4. The second-order valence-electron chi connectivity index (χ2n) is 8.71. The van der Waals surface area contributed by atoms with Gasteiger partial charge in [0.2, 0.25) is 15.9 Å². The van der Waals surface area contributed by atoms with Crippen molar-refractivity contribution in [3.05, 3.63) is 42.5 Å². The number of benzene rings is 2. The molecule has 2 aromatic rings. The predicted octanol–water partition coefficient (Wildman–Crippen LogP) is 3.67. The number of anilines is 2. The molecule has 8 nitrogen and oxygen atoms in total. The van der Waals surface area contributed by atoms with Gasteiger partial charge in [0.05, 0.1) is 22.3 Å². The molecule has 31 heavy (non-hydrogen) atoms. The summed E-state index contributed by atoms with van der Waals surface area (Å²) < 4.78 is 27.6. The minimum Gasteiger partial charge on any atom is -0.465 e. The lowest BCUT2D eigenvalue weighted by Gasteiger charge is -2.39. The molecule has 0 aromatic heterocycles. The predicted molar refractivity (Wildman–Crippen MR) is 120 cm³/mol. The molecule has 0 radical (unpaired) electrons. The monoisotopic (exact) mass is 445 g/mol. The fraction of sp³-hybridized carbons (Fsp3) is 0.364. The Morgan fingerprint density at radius 2 is 1.61 bits per heavy atom. The van der Waals surface area contributed by atoms with Crippen LogP contribution in [0.4, 0.5) is 16.2 Å². The first kappa shape index (κ1) is 22.8. The van der Waals surface area contributed by atoms with Crippen LogP contribution in [0.2, 0.25) is 0 Å². The maximum atomic E-state index is 12.5. The van der Waals surface area contributed by atoms with Gasteiger partial charge in [0.1, 0.15) is 0 Å². The van der Waals surface area contributed by atoms with E-state index in [0.29, 0.717) is 11.4 Å². The number of carbonyl (C=O) groups excluding carboxylic acids is 1. The number of sulfonamides is 1. The third kappa shape index (κ3) is 4.72. The van der Waals surface area contributed by atoms with Crippen LogP contribution in [-0.2, 0) is 14.8 Å². The Hall–Kier alpha value is -2.91. The molecule has 1 heterocycles. The Morgan fingerprint density at radius 3 is 2.13 bits per heavy atom. The van der Waals surface area contributed by atoms with E-state index >= 15 is 0 Å². The highest BCUT2D eigenvalue weighted by atomic mass is 32.2. The van der Waals surface area contributed by atoms with E-state index in [0.717, 1.165) is 11.1 Å². The molecule has 9 heteroatoms. The average molecular weight is 446 g/mol. The summed E-state index contributed by atoms with van der Waals surface area (Å²) >= 11 is 0. The van der Waals surface area contributed by atoms with E-state index in [4.69, 9.17) is 0 Å². The highest BCUT2D eigenvalue weighted by Gasteiger charge is 2.33. The molecule has 2 N–H and O–H groups in total. The van der Waals surface area contributed by atoms with Gasteiger partial charge in [-0.3, -0.25) is 9.69 Å². The lowest BCUT2D eigenvalue weighted by Crippen LogP contribution is -2.51. The molecule has 2 amide bonds. The van der Waals surface area contributed by atoms with E-state index in [9.17, 15) is 23.1 Å². The standard InChI is InChI=1S/C22H27N3O5S/c1-14-13-24(21(27)28)20-12-17(8-11-19(20)25(14)15(2)26)16-6-9-18(10-7-16)31(29,30)23-22(3,4)5/h6-12,14,23H,13H2,1-5H3,(H,27,28)/t14-/m0/s1. The van der Waals surface area contributed by atoms with E-state index in [1.165, 1.54) is 24.0 Å². The molecule has 3 rings (SSSR count). The zero-order valence-corrected chi connectivity index (χ0v) is 19.0. The van der Waals surface area contributed by atoms with Gasteiger partial charge in [-0.1, -0.05) is 18.2 Å². The van der Waals surface area contributed by atoms with Gasteiger partial charge in [0, 0.05) is 19.0 Å². The lowest BCUT2D eigenvalue weighted by atomic mass is 10.0. The zero-order valence-electron chi connectivity index (χ0n) is 18.2. The molecule has 1 aliphatic rings. The fourth-order valence-corrected chi connectivity index (χ4v) is 5.17. The summed E-state index contributed by atoms with van der Waals surface area (Å²) in [7, 11) is -3.65. The third-order valence-electron chi connectivity index (χ3n) is 4.92. The van der Waals surface area contributed by atoms with E-state index in [-0.39, 0.29) is 23.4 Å². The fourth-order valence-electron chi connectivity index (χ4n) is 3.75. The van der Waals surface area contributed by atoms with Crippen LogP contribution >= 0.6 is 0 Å². The highest BCUT2D eigenvalue weighted by molar-refractivity contribution is 7.89. The number of fused-ring (bicyclic) bond motifs is 1. The average Bonchev–Trinajstić information content (AvgIpc) is 2.64. The quantitative estimate of drug-likeness (QED) is 0.750. The van der Waals surface area contributed by atoms with Crippen LogP contribution in [0, 0.1) is 0 Å². The van der Waals surface area contributed by atoms with E-state index < -0.39 is 21.7 Å². The molecular formula is C22H27N3O5S. The highest BCUT2D eigenvalue weighted by Crippen LogP contribution is 2.39. The Kier molecular flexibility index (Phi) is 5.86. The van der Waals surface area contributed by atoms with Crippen LogP contribution in [0.25, 0.3) is 11.1 Å². The first-order valence-electron chi connectivity index (χ1n) is 9.89.